The van der Waals surface area contributed by atoms with Crippen LogP contribution < -0.4 is 4.90 Å². The van der Waals surface area contributed by atoms with Gasteiger partial charge in [-0.2, -0.15) is 0 Å². The van der Waals surface area contributed by atoms with Crippen LogP contribution >= 0.6 is 11.3 Å². The van der Waals surface area contributed by atoms with Crippen molar-refractivity contribution < 1.29 is 38.4 Å². The Morgan fingerprint density at radius 3 is 1.94 bits per heavy atom. The largest absolute Gasteiger partial charge is 0.310 e. The Bertz CT molecular complexity index is 6440. The minimum Gasteiger partial charge on any atom is -0.310 e. The molecule has 0 saturated carbocycles. The van der Waals surface area contributed by atoms with Crippen molar-refractivity contribution in [3.05, 3.63) is 291 Å². The zero-order valence-electron chi connectivity index (χ0n) is 67.8. The van der Waals surface area contributed by atoms with Crippen molar-refractivity contribution in [2.45, 2.75) is 0 Å². The molecule has 2 nitrogen and oxygen atoms in total. The standard InChI is InChI=1S/C74H48N2S/c1-4-17-49(18-5-1)54-24-16-25-55(43-54)51-31-35-59(36-32-51)76-71-47-60(39-41-65(71)70-46-57(50-19-6-2-7-20-50)45-69(74(70)76)52-21-8-3-9-22-52)75(61-40-42-67-66-29-14-15-30-72(66)77-73(67)48-61)58-37-33-53(34-38-58)68-44-56-23-10-11-26-62(56)63-27-12-13-28-64(63)68/h1-48H/i1D,2D,3D,4D,5D,6D,7D,8D,10D,11D,12D,13D,14D,15D,16D,17D,23D,25D,26D,27D,30D,31D,32D,33D,38D,41D,44D,46D. The lowest BCUT2D eigenvalue weighted by Crippen LogP contribution is -2.10. The van der Waals surface area contributed by atoms with Crippen molar-refractivity contribution in [2.75, 3.05) is 4.90 Å². The molecule has 0 aliphatic rings. The molecule has 3 heteroatoms. The Balaban J connectivity index is 1.06. The van der Waals surface area contributed by atoms with Crippen LogP contribution in [0.2, 0.25) is 0 Å². The summed E-state index contributed by atoms with van der Waals surface area (Å²) in [4.78, 5) is 1.53. The lowest BCUT2D eigenvalue weighted by Gasteiger charge is -2.26. The van der Waals surface area contributed by atoms with Gasteiger partial charge >= 0.3 is 0 Å². The van der Waals surface area contributed by atoms with Crippen LogP contribution in [0.15, 0.2) is 291 Å². The van der Waals surface area contributed by atoms with E-state index in [0.717, 1.165) is 11.3 Å². The number of benzene rings is 13. The van der Waals surface area contributed by atoms with Crippen molar-refractivity contribution in [2.24, 2.45) is 0 Å². The highest BCUT2D eigenvalue weighted by Crippen LogP contribution is 2.46. The van der Waals surface area contributed by atoms with E-state index in [4.69, 9.17) is 27.4 Å². The number of nitrogens with zero attached hydrogens (tertiary/aromatic N) is 2. The van der Waals surface area contributed by atoms with Crippen molar-refractivity contribution in [3.63, 3.8) is 0 Å². The second-order valence-corrected chi connectivity index (χ2v) is 18.9. The third kappa shape index (κ3) is 7.79. The summed E-state index contributed by atoms with van der Waals surface area (Å²) in [5.74, 6) is 0. The summed E-state index contributed by atoms with van der Waals surface area (Å²) in [6.45, 7) is 0. The molecule has 0 radical (unpaired) electrons. The molecule has 0 bridgehead atoms. The number of rotatable bonds is 9. The van der Waals surface area contributed by atoms with E-state index in [1.54, 1.807) is 41.0 Å². The van der Waals surface area contributed by atoms with E-state index in [1.807, 2.05) is 0 Å². The minimum absolute atomic E-state index is 0.0159. The van der Waals surface area contributed by atoms with Crippen molar-refractivity contribution in [3.8, 4) is 61.3 Å². The zero-order valence-corrected chi connectivity index (χ0v) is 40.7. The Kier molecular flexibility index (Phi) is 5.95. The summed E-state index contributed by atoms with van der Waals surface area (Å²) in [6.07, 6.45) is 0. The fourth-order valence-electron chi connectivity index (χ4n) is 10.0. The molecule has 0 atom stereocenters. The van der Waals surface area contributed by atoms with Crippen molar-refractivity contribution in [1.29, 1.82) is 0 Å². The smallest absolute Gasteiger partial charge is 0.0645 e. The molecule has 0 spiro atoms. The van der Waals surface area contributed by atoms with Crippen LogP contribution in [0.5, 0.6) is 0 Å². The fourth-order valence-corrected chi connectivity index (χ4v) is 11.1. The number of fused-ring (bicyclic) bond motifs is 9. The van der Waals surface area contributed by atoms with Crippen molar-refractivity contribution in [1.82, 2.24) is 4.57 Å². The maximum Gasteiger partial charge on any atom is 0.0645 e. The predicted molar refractivity (Wildman–Crippen MR) is 331 cm³/mol. The molecule has 0 saturated heterocycles. The first kappa shape index (κ1) is 24.7. The second kappa shape index (κ2) is 18.5. The molecule has 77 heavy (non-hydrogen) atoms. The zero-order chi connectivity index (χ0) is 75.2. The first-order chi connectivity index (χ1) is 49.7. The number of hydrogen-bond acceptors (Lipinski definition) is 2. The molecule has 2 aromatic heterocycles. The fraction of sp³-hybridized carbons (Fsp3) is 0. The molecule has 15 rings (SSSR count). The first-order valence-electron chi connectivity index (χ1n) is 38.1. The van der Waals surface area contributed by atoms with Crippen LogP contribution in [-0.2, 0) is 0 Å². The number of anilines is 3. The summed E-state index contributed by atoms with van der Waals surface area (Å²) in [7, 11) is 0. The van der Waals surface area contributed by atoms with E-state index in [9.17, 15) is 11.0 Å². The topological polar surface area (TPSA) is 8.17 Å². The van der Waals surface area contributed by atoms with Crippen LogP contribution in [0.4, 0.5) is 17.1 Å². The molecule has 2 heterocycles. The highest BCUT2D eigenvalue weighted by Gasteiger charge is 2.23. The van der Waals surface area contributed by atoms with E-state index >= 15 is 0 Å². The average molecular weight is 1030 g/mol. The normalized spacial score (nSPS) is 16.7. The third-order valence-corrected chi connectivity index (χ3v) is 14.6. The predicted octanol–water partition coefficient (Wildman–Crippen LogP) is 21.3. The van der Waals surface area contributed by atoms with Crippen LogP contribution in [0.1, 0.15) is 38.4 Å². The van der Waals surface area contributed by atoms with E-state index in [0.29, 0.717) is 20.2 Å². The van der Waals surface area contributed by atoms with E-state index in [1.165, 1.54) is 89.8 Å². The van der Waals surface area contributed by atoms with Gasteiger partial charge in [0.1, 0.15) is 0 Å². The summed E-state index contributed by atoms with van der Waals surface area (Å²) in [5.41, 5.74) is 0.570. The Morgan fingerprint density at radius 1 is 0.325 bits per heavy atom. The molecule has 0 N–H and O–H groups in total. The van der Waals surface area contributed by atoms with E-state index in [2.05, 4.69) is 0 Å². The number of hydrogen-bond donors (Lipinski definition) is 0. The molecule has 15 aromatic rings. The Hall–Kier alpha value is -9.80. The van der Waals surface area contributed by atoms with Gasteiger partial charge in [-0.25, -0.2) is 0 Å². The van der Waals surface area contributed by atoms with Crippen molar-refractivity contribution >= 4 is 91.9 Å². The lowest BCUT2D eigenvalue weighted by molar-refractivity contribution is 1.18. The molecule has 13 aromatic carbocycles. The molecule has 360 valence electrons. The van der Waals surface area contributed by atoms with Crippen LogP contribution in [0.25, 0.3) is 125 Å². The minimum atomic E-state index is -0.706. The molecule has 0 unspecified atom stereocenters. The summed E-state index contributed by atoms with van der Waals surface area (Å²) < 4.78 is 256. The van der Waals surface area contributed by atoms with Gasteiger partial charge in [0.05, 0.1) is 49.4 Å². The lowest BCUT2D eigenvalue weighted by atomic mass is 9.93. The number of aromatic nitrogens is 1. The Morgan fingerprint density at radius 2 is 1.03 bits per heavy atom. The monoisotopic (exact) mass is 1020 g/mol. The van der Waals surface area contributed by atoms with Gasteiger partial charge in [0, 0.05) is 59.3 Å². The highest BCUT2D eigenvalue weighted by molar-refractivity contribution is 7.25. The molecular weight excluding hydrogens is 949 g/mol. The third-order valence-electron chi connectivity index (χ3n) is 13.5. The quantitative estimate of drug-likeness (QED) is 0.131. The molecule has 0 aliphatic carbocycles. The molecule has 0 aliphatic heterocycles. The van der Waals surface area contributed by atoms with Crippen LogP contribution in [-0.4, -0.2) is 4.57 Å². The SMILES string of the molecule is [2H]c1ccc(-c2cc(-c3cc([2H])c([2H])c([2H])c3)c([2H])c3c4c([2H])cc(N(c5ccc6c(c5)sc5c([2H])c([2H])c([2H])cc56)c5cc([2H])c(-c6c([2H])c7c([2H])c([2H])c([2H])c([2H])c7c7c([2H])c([2H])c([2H])cc67)cc5[2H])cc4n(-c4cc([2H])c(-c5cc(-c6cc([2H])c([2H])c([2H])c6[2H])cc([2H])c5[2H])c([2H])c4)c23)cc1[2H]. The Labute approximate surface area is 490 Å². The summed E-state index contributed by atoms with van der Waals surface area (Å²) in [5, 5.41) is 0.251. The second-order valence-electron chi connectivity index (χ2n) is 17.9. The highest BCUT2D eigenvalue weighted by atomic mass is 32.1. The summed E-state index contributed by atoms with van der Waals surface area (Å²) in [6, 6.07) is 16.3. The van der Waals surface area contributed by atoms with Gasteiger partial charge in [0.2, 0.25) is 0 Å². The molecule has 0 fully saturated rings. The van der Waals surface area contributed by atoms with Gasteiger partial charge in [0.25, 0.3) is 0 Å². The van der Waals surface area contributed by atoms with Crippen LogP contribution in [0.3, 0.4) is 0 Å². The van der Waals surface area contributed by atoms with Gasteiger partial charge in [-0.1, -0.05) is 212 Å². The molecular formula is C74H48N2S. The molecule has 0 amide bonds. The van der Waals surface area contributed by atoms with Gasteiger partial charge in [-0.3, -0.25) is 0 Å². The van der Waals surface area contributed by atoms with Crippen LogP contribution in [0, 0.1) is 0 Å². The average Bonchev–Trinajstić information content (AvgIpc) is 1.65. The first-order valence-corrected chi connectivity index (χ1v) is 24.9. The number of thiophene rings is 1. The maximum atomic E-state index is 10.4. The van der Waals surface area contributed by atoms with Gasteiger partial charge in [-0.05, 0) is 150 Å². The van der Waals surface area contributed by atoms with Gasteiger partial charge < -0.3 is 9.47 Å². The van der Waals surface area contributed by atoms with E-state index in [-0.39, 0.29) is 188 Å². The van der Waals surface area contributed by atoms with Gasteiger partial charge in [-0.15, -0.1) is 11.3 Å². The van der Waals surface area contributed by atoms with Gasteiger partial charge in [0.15, 0.2) is 0 Å². The van der Waals surface area contributed by atoms with E-state index < -0.39 is 103 Å². The summed E-state index contributed by atoms with van der Waals surface area (Å²) >= 11 is 1.14. The maximum absolute atomic E-state index is 10.4.